The van der Waals surface area contributed by atoms with Crippen LogP contribution in [0.1, 0.15) is 32.1 Å². The Balaban J connectivity index is 1.69. The molecule has 4 heteroatoms. The SMILES string of the molecule is CNC1NC2NCCC(C3CC=CCCC3)C2N1. The number of allylic oxidation sites excluding steroid dienone is 2. The van der Waals surface area contributed by atoms with Gasteiger partial charge < -0.3 is 5.32 Å². The first-order valence-corrected chi connectivity index (χ1v) is 7.46. The molecule has 0 radical (unpaired) electrons. The summed E-state index contributed by atoms with van der Waals surface area (Å²) in [7, 11) is 2.01. The van der Waals surface area contributed by atoms with Crippen LogP contribution in [0.3, 0.4) is 0 Å². The summed E-state index contributed by atoms with van der Waals surface area (Å²) in [5.41, 5.74) is 0. The molecular formula is C14H26N4. The van der Waals surface area contributed by atoms with Gasteiger partial charge in [0.05, 0.1) is 6.17 Å². The smallest absolute Gasteiger partial charge is 0.113 e. The van der Waals surface area contributed by atoms with Gasteiger partial charge >= 0.3 is 0 Å². The molecule has 3 rings (SSSR count). The van der Waals surface area contributed by atoms with E-state index in [9.17, 15) is 0 Å². The average Bonchev–Trinajstić information content (AvgIpc) is 2.64. The molecule has 2 heterocycles. The van der Waals surface area contributed by atoms with Gasteiger partial charge in [0, 0.05) is 6.04 Å². The van der Waals surface area contributed by atoms with E-state index < -0.39 is 0 Å². The summed E-state index contributed by atoms with van der Waals surface area (Å²) in [5.74, 6) is 1.67. The van der Waals surface area contributed by atoms with E-state index in [1.54, 1.807) is 0 Å². The molecule has 5 atom stereocenters. The molecule has 18 heavy (non-hydrogen) atoms. The van der Waals surface area contributed by atoms with Crippen LogP contribution in [0.4, 0.5) is 0 Å². The molecule has 4 N–H and O–H groups in total. The van der Waals surface area contributed by atoms with Gasteiger partial charge in [-0.2, -0.15) is 0 Å². The van der Waals surface area contributed by atoms with Gasteiger partial charge in [-0.15, -0.1) is 0 Å². The fourth-order valence-corrected chi connectivity index (χ4v) is 3.85. The summed E-state index contributed by atoms with van der Waals surface area (Å²) in [5, 5.41) is 14.2. The molecule has 3 aliphatic rings. The lowest BCUT2D eigenvalue weighted by Gasteiger charge is -2.38. The van der Waals surface area contributed by atoms with Gasteiger partial charge in [-0.05, 0) is 57.5 Å². The molecule has 0 saturated carbocycles. The Morgan fingerprint density at radius 1 is 1.17 bits per heavy atom. The first-order chi connectivity index (χ1) is 8.88. The summed E-state index contributed by atoms with van der Waals surface area (Å²) in [6.07, 6.45) is 12.1. The van der Waals surface area contributed by atoms with Crippen molar-refractivity contribution in [3.8, 4) is 0 Å². The van der Waals surface area contributed by atoms with Crippen molar-refractivity contribution in [1.82, 2.24) is 21.3 Å². The van der Waals surface area contributed by atoms with Crippen LogP contribution in [0.25, 0.3) is 0 Å². The van der Waals surface area contributed by atoms with E-state index in [2.05, 4.69) is 33.4 Å². The van der Waals surface area contributed by atoms with Crippen LogP contribution in [0, 0.1) is 11.8 Å². The summed E-state index contributed by atoms with van der Waals surface area (Å²) in [6, 6.07) is 0.577. The summed E-state index contributed by atoms with van der Waals surface area (Å²) in [6.45, 7) is 1.15. The zero-order valence-electron chi connectivity index (χ0n) is 11.3. The van der Waals surface area contributed by atoms with Crippen LogP contribution in [0.2, 0.25) is 0 Å². The van der Waals surface area contributed by atoms with Crippen LogP contribution >= 0.6 is 0 Å². The average molecular weight is 250 g/mol. The van der Waals surface area contributed by atoms with Crippen molar-refractivity contribution >= 4 is 0 Å². The van der Waals surface area contributed by atoms with Crippen LogP contribution < -0.4 is 21.3 Å². The normalized spacial score (nSPS) is 44.6. The third kappa shape index (κ3) is 2.48. The number of fused-ring (bicyclic) bond motifs is 1. The lowest BCUT2D eigenvalue weighted by Crippen LogP contribution is -2.55. The molecule has 0 aromatic carbocycles. The van der Waals surface area contributed by atoms with Gasteiger partial charge in [-0.25, -0.2) is 0 Å². The summed E-state index contributed by atoms with van der Waals surface area (Å²) >= 11 is 0. The molecule has 4 nitrogen and oxygen atoms in total. The predicted octanol–water partition coefficient (Wildman–Crippen LogP) is 0.733. The minimum atomic E-state index is 0.259. The Hall–Kier alpha value is -0.420. The number of hydrogen-bond acceptors (Lipinski definition) is 4. The molecule has 0 bridgehead atoms. The fraction of sp³-hybridized carbons (Fsp3) is 0.857. The zero-order valence-corrected chi connectivity index (χ0v) is 11.3. The largest absolute Gasteiger partial charge is 0.301 e. The Kier molecular flexibility index (Phi) is 3.99. The molecule has 2 fully saturated rings. The highest BCUT2D eigenvalue weighted by Gasteiger charge is 2.42. The highest BCUT2D eigenvalue weighted by Crippen LogP contribution is 2.34. The number of rotatable bonds is 2. The zero-order chi connectivity index (χ0) is 12.4. The number of nitrogens with one attached hydrogen (secondary N) is 4. The first-order valence-electron chi connectivity index (χ1n) is 7.46. The molecule has 0 amide bonds. The topological polar surface area (TPSA) is 48.1 Å². The molecule has 2 saturated heterocycles. The molecule has 0 aromatic rings. The maximum Gasteiger partial charge on any atom is 0.113 e. The Labute approximate surface area is 110 Å². The number of hydrogen-bond donors (Lipinski definition) is 4. The highest BCUT2D eigenvalue weighted by atomic mass is 15.4. The highest BCUT2D eigenvalue weighted by molar-refractivity contribution is 5.01. The van der Waals surface area contributed by atoms with Crippen molar-refractivity contribution in [2.45, 2.75) is 50.6 Å². The van der Waals surface area contributed by atoms with Crippen LogP contribution in [0.5, 0.6) is 0 Å². The van der Waals surface area contributed by atoms with Crippen molar-refractivity contribution in [1.29, 1.82) is 0 Å². The van der Waals surface area contributed by atoms with E-state index in [0.717, 1.165) is 18.4 Å². The Bertz CT molecular complexity index is 304. The molecule has 0 spiro atoms. The molecule has 1 aliphatic carbocycles. The summed E-state index contributed by atoms with van der Waals surface area (Å²) in [4.78, 5) is 0. The van der Waals surface area contributed by atoms with Crippen molar-refractivity contribution in [3.63, 3.8) is 0 Å². The van der Waals surface area contributed by atoms with Crippen LogP contribution in [-0.2, 0) is 0 Å². The second-order valence-corrected chi connectivity index (χ2v) is 5.86. The van der Waals surface area contributed by atoms with Gasteiger partial charge in [0.15, 0.2) is 0 Å². The van der Waals surface area contributed by atoms with Crippen molar-refractivity contribution in [3.05, 3.63) is 12.2 Å². The van der Waals surface area contributed by atoms with Crippen LogP contribution in [0.15, 0.2) is 12.2 Å². The van der Waals surface area contributed by atoms with E-state index >= 15 is 0 Å². The second-order valence-electron chi connectivity index (χ2n) is 5.86. The van der Waals surface area contributed by atoms with E-state index in [0.29, 0.717) is 12.2 Å². The predicted molar refractivity (Wildman–Crippen MR) is 73.9 cm³/mol. The van der Waals surface area contributed by atoms with E-state index in [1.807, 2.05) is 7.05 Å². The van der Waals surface area contributed by atoms with Gasteiger partial charge in [-0.1, -0.05) is 12.2 Å². The maximum atomic E-state index is 3.70. The molecule has 0 aromatic heterocycles. The van der Waals surface area contributed by atoms with Gasteiger partial charge in [0.1, 0.15) is 6.29 Å². The maximum absolute atomic E-state index is 3.70. The Morgan fingerprint density at radius 2 is 2.11 bits per heavy atom. The minimum absolute atomic E-state index is 0.259. The van der Waals surface area contributed by atoms with Crippen molar-refractivity contribution in [2.24, 2.45) is 11.8 Å². The second kappa shape index (κ2) is 5.70. The molecular weight excluding hydrogens is 224 g/mol. The van der Waals surface area contributed by atoms with Crippen LogP contribution in [-0.4, -0.2) is 32.1 Å². The third-order valence-electron chi connectivity index (χ3n) is 4.81. The van der Waals surface area contributed by atoms with Gasteiger partial charge in [0.2, 0.25) is 0 Å². The Morgan fingerprint density at radius 3 is 3.00 bits per heavy atom. The van der Waals surface area contributed by atoms with Gasteiger partial charge in [-0.3, -0.25) is 16.0 Å². The van der Waals surface area contributed by atoms with Crippen molar-refractivity contribution < 1.29 is 0 Å². The first kappa shape index (κ1) is 12.6. The standard InChI is InChI=1S/C14H26N4/c1-15-14-17-12-11(8-9-16-13(12)18-14)10-6-4-2-3-5-7-10/h2,4,10-18H,3,5-9H2,1H3. The van der Waals surface area contributed by atoms with Crippen molar-refractivity contribution in [2.75, 3.05) is 13.6 Å². The quantitative estimate of drug-likeness (QED) is 0.546. The fourth-order valence-electron chi connectivity index (χ4n) is 3.85. The molecule has 2 aliphatic heterocycles. The number of piperidine rings is 1. The molecule has 102 valence electrons. The minimum Gasteiger partial charge on any atom is -0.301 e. The molecule has 5 unspecified atom stereocenters. The van der Waals surface area contributed by atoms with Gasteiger partial charge in [0.25, 0.3) is 0 Å². The lowest BCUT2D eigenvalue weighted by atomic mass is 9.77. The third-order valence-corrected chi connectivity index (χ3v) is 4.81. The monoisotopic (exact) mass is 250 g/mol. The van der Waals surface area contributed by atoms with E-state index in [1.165, 1.54) is 32.1 Å². The van der Waals surface area contributed by atoms with E-state index in [-0.39, 0.29) is 6.29 Å². The summed E-state index contributed by atoms with van der Waals surface area (Å²) < 4.78 is 0. The lowest BCUT2D eigenvalue weighted by molar-refractivity contribution is 0.172. The van der Waals surface area contributed by atoms with E-state index in [4.69, 9.17) is 0 Å².